The Kier molecular flexibility index (Phi) is 4.02. The zero-order valence-electron chi connectivity index (χ0n) is 12.2. The van der Waals surface area contributed by atoms with Crippen molar-refractivity contribution in [1.29, 1.82) is 0 Å². The van der Waals surface area contributed by atoms with E-state index in [-0.39, 0.29) is 0 Å². The molecule has 2 heteroatoms. The molecule has 1 atom stereocenters. The molecule has 0 bridgehead atoms. The highest BCUT2D eigenvalue weighted by Crippen LogP contribution is 2.37. The molecule has 2 aromatic rings. The molecule has 1 nitrogen and oxygen atoms in total. The van der Waals surface area contributed by atoms with Crippen LogP contribution in [0.2, 0.25) is 0 Å². The van der Waals surface area contributed by atoms with Crippen molar-refractivity contribution in [1.82, 2.24) is 0 Å². The molecule has 104 valence electrons. The predicted molar refractivity (Wildman–Crippen MR) is 88.9 cm³/mol. The molecule has 1 heterocycles. The monoisotopic (exact) mass is 283 g/mol. The van der Waals surface area contributed by atoms with Gasteiger partial charge in [0.05, 0.1) is 0 Å². The molecule has 1 aliphatic rings. The summed E-state index contributed by atoms with van der Waals surface area (Å²) in [5.74, 6) is 0. The summed E-state index contributed by atoms with van der Waals surface area (Å²) in [5, 5.41) is 0.670. The molecule has 1 aliphatic heterocycles. The Balaban J connectivity index is 1.64. The van der Waals surface area contributed by atoms with Gasteiger partial charge in [0.2, 0.25) is 0 Å². The van der Waals surface area contributed by atoms with Crippen LogP contribution >= 0.6 is 11.8 Å². The van der Waals surface area contributed by atoms with Crippen LogP contribution in [0.5, 0.6) is 0 Å². The number of hydrogen-bond donors (Lipinski definition) is 0. The molecule has 20 heavy (non-hydrogen) atoms. The van der Waals surface area contributed by atoms with Gasteiger partial charge in [0.15, 0.2) is 0 Å². The third-order valence-electron chi connectivity index (χ3n) is 3.98. The van der Waals surface area contributed by atoms with Crippen LogP contribution in [0.1, 0.15) is 18.1 Å². The summed E-state index contributed by atoms with van der Waals surface area (Å²) in [6.45, 7) is 3.30. The summed E-state index contributed by atoms with van der Waals surface area (Å²) < 4.78 is 0. The van der Waals surface area contributed by atoms with Crippen molar-refractivity contribution >= 4 is 17.4 Å². The zero-order chi connectivity index (χ0) is 13.9. The molecule has 0 saturated carbocycles. The van der Waals surface area contributed by atoms with Gasteiger partial charge in [-0.1, -0.05) is 37.3 Å². The Morgan fingerprint density at radius 3 is 2.55 bits per heavy atom. The van der Waals surface area contributed by atoms with Gasteiger partial charge >= 0.3 is 0 Å². The average molecular weight is 283 g/mol. The average Bonchev–Trinajstić information content (AvgIpc) is 2.89. The van der Waals surface area contributed by atoms with Crippen molar-refractivity contribution in [3.63, 3.8) is 0 Å². The second-order valence-corrected chi connectivity index (χ2v) is 6.79. The van der Waals surface area contributed by atoms with Gasteiger partial charge in [0.1, 0.15) is 0 Å². The van der Waals surface area contributed by atoms with E-state index in [0.717, 1.165) is 13.0 Å². The minimum absolute atomic E-state index is 0.670. The van der Waals surface area contributed by atoms with Crippen LogP contribution in [0.25, 0.3) is 0 Å². The third kappa shape index (κ3) is 2.85. The maximum atomic E-state index is 2.38. The van der Waals surface area contributed by atoms with Crippen LogP contribution in [0, 0.1) is 0 Å². The molecule has 1 unspecified atom stereocenters. The third-order valence-corrected chi connectivity index (χ3v) is 5.28. The normalized spacial score (nSPS) is 17.0. The molecule has 0 saturated heterocycles. The summed E-state index contributed by atoms with van der Waals surface area (Å²) in [6, 6.07) is 17.8. The number of benzene rings is 2. The molecule has 0 N–H and O–H groups in total. The van der Waals surface area contributed by atoms with E-state index < -0.39 is 0 Å². The van der Waals surface area contributed by atoms with Crippen molar-refractivity contribution in [2.24, 2.45) is 0 Å². The highest BCUT2D eigenvalue weighted by molar-refractivity contribution is 8.00. The van der Waals surface area contributed by atoms with Crippen LogP contribution < -0.4 is 4.90 Å². The maximum Gasteiger partial charge on any atom is 0.0364 e. The van der Waals surface area contributed by atoms with Crippen molar-refractivity contribution in [2.45, 2.75) is 29.9 Å². The smallest absolute Gasteiger partial charge is 0.0364 e. The topological polar surface area (TPSA) is 3.24 Å². The number of nitrogens with zero attached hydrogens (tertiary/aromatic N) is 1. The van der Waals surface area contributed by atoms with Gasteiger partial charge in [-0.25, -0.2) is 0 Å². The first-order chi connectivity index (χ1) is 9.76. The molecule has 0 fully saturated rings. The van der Waals surface area contributed by atoms with E-state index in [1.807, 2.05) is 11.8 Å². The fraction of sp³-hybridized carbons (Fsp3) is 0.333. The molecule has 0 spiro atoms. The number of thioether (sulfide) groups is 1. The van der Waals surface area contributed by atoms with Crippen LogP contribution in [-0.2, 0) is 12.8 Å². The maximum absolute atomic E-state index is 2.38. The summed E-state index contributed by atoms with van der Waals surface area (Å²) in [7, 11) is 2.20. The lowest BCUT2D eigenvalue weighted by atomic mass is 10.1. The van der Waals surface area contributed by atoms with Crippen LogP contribution in [-0.4, -0.2) is 18.8 Å². The molecular formula is C18H21NS. The van der Waals surface area contributed by atoms with E-state index in [1.165, 1.54) is 28.1 Å². The molecule has 0 aliphatic carbocycles. The zero-order valence-corrected chi connectivity index (χ0v) is 13.0. The number of fused-ring (bicyclic) bond motifs is 1. The van der Waals surface area contributed by atoms with Gasteiger partial charge in [-0.2, -0.15) is 0 Å². The number of hydrogen-bond acceptors (Lipinski definition) is 2. The highest BCUT2D eigenvalue weighted by atomic mass is 32.2. The molecule has 3 rings (SSSR count). The SMILES string of the molecule is CCc1ccc(N(C)CC2Cc3ccccc3S2)cc1. The van der Waals surface area contributed by atoms with Crippen molar-refractivity contribution in [2.75, 3.05) is 18.5 Å². The van der Waals surface area contributed by atoms with Crippen LogP contribution in [0.3, 0.4) is 0 Å². The van der Waals surface area contributed by atoms with Crippen LogP contribution in [0.15, 0.2) is 53.4 Å². The fourth-order valence-electron chi connectivity index (χ4n) is 2.75. The first kappa shape index (κ1) is 13.6. The molecular weight excluding hydrogens is 262 g/mol. The van der Waals surface area contributed by atoms with Gasteiger partial charge in [0.25, 0.3) is 0 Å². The Labute approximate surface area is 126 Å². The van der Waals surface area contributed by atoms with E-state index in [0.29, 0.717) is 5.25 Å². The van der Waals surface area contributed by atoms with E-state index in [4.69, 9.17) is 0 Å². The van der Waals surface area contributed by atoms with Gasteiger partial charge < -0.3 is 4.90 Å². The number of anilines is 1. The lowest BCUT2D eigenvalue weighted by Crippen LogP contribution is -2.26. The van der Waals surface area contributed by atoms with E-state index in [1.54, 1.807) is 0 Å². The lowest BCUT2D eigenvalue weighted by Gasteiger charge is -2.23. The van der Waals surface area contributed by atoms with Gasteiger partial charge in [0, 0.05) is 29.4 Å². The number of aryl methyl sites for hydroxylation is 1. The van der Waals surface area contributed by atoms with Gasteiger partial charge in [-0.3, -0.25) is 0 Å². The fourth-order valence-corrected chi connectivity index (χ4v) is 4.13. The summed E-state index contributed by atoms with van der Waals surface area (Å²) in [6.07, 6.45) is 2.30. The van der Waals surface area contributed by atoms with Gasteiger partial charge in [-0.15, -0.1) is 11.8 Å². The lowest BCUT2D eigenvalue weighted by molar-refractivity contribution is 0.814. The summed E-state index contributed by atoms with van der Waals surface area (Å²) in [5.41, 5.74) is 4.24. The quantitative estimate of drug-likeness (QED) is 0.818. The second kappa shape index (κ2) is 5.92. The molecule has 0 aromatic heterocycles. The van der Waals surface area contributed by atoms with Crippen LogP contribution in [0.4, 0.5) is 5.69 Å². The van der Waals surface area contributed by atoms with Crippen molar-refractivity contribution in [3.05, 3.63) is 59.7 Å². The standard InChI is InChI=1S/C18H21NS/c1-3-14-8-10-16(11-9-14)19(2)13-17-12-15-6-4-5-7-18(15)20-17/h4-11,17H,3,12-13H2,1-2H3. The minimum atomic E-state index is 0.670. The highest BCUT2D eigenvalue weighted by Gasteiger charge is 2.22. The Hall–Kier alpha value is -1.41. The first-order valence-electron chi connectivity index (χ1n) is 7.31. The Morgan fingerprint density at radius 1 is 1.10 bits per heavy atom. The summed E-state index contributed by atoms with van der Waals surface area (Å²) >= 11 is 2.03. The largest absolute Gasteiger partial charge is 0.373 e. The Bertz CT molecular complexity index is 551. The molecule has 0 radical (unpaired) electrons. The Morgan fingerprint density at radius 2 is 1.85 bits per heavy atom. The van der Waals surface area contributed by atoms with Gasteiger partial charge in [-0.05, 0) is 42.2 Å². The van der Waals surface area contributed by atoms with Crippen molar-refractivity contribution in [3.8, 4) is 0 Å². The predicted octanol–water partition coefficient (Wildman–Crippen LogP) is 4.40. The minimum Gasteiger partial charge on any atom is -0.373 e. The van der Waals surface area contributed by atoms with E-state index >= 15 is 0 Å². The molecule has 0 amide bonds. The molecule has 2 aromatic carbocycles. The second-order valence-electron chi connectivity index (χ2n) is 5.45. The van der Waals surface area contributed by atoms with E-state index in [9.17, 15) is 0 Å². The summed E-state index contributed by atoms with van der Waals surface area (Å²) in [4.78, 5) is 3.84. The first-order valence-corrected chi connectivity index (χ1v) is 8.19. The van der Waals surface area contributed by atoms with Crippen molar-refractivity contribution < 1.29 is 0 Å². The number of rotatable bonds is 4. The van der Waals surface area contributed by atoms with E-state index in [2.05, 4.69) is 67.4 Å².